The third kappa shape index (κ3) is 3.94. The lowest BCUT2D eigenvalue weighted by molar-refractivity contribution is -0.143. The van der Waals surface area contributed by atoms with Crippen molar-refractivity contribution in [3.05, 3.63) is 47.8 Å². The summed E-state index contributed by atoms with van der Waals surface area (Å²) in [5.41, 5.74) is 1.94. The van der Waals surface area contributed by atoms with Crippen LogP contribution in [0.25, 0.3) is 0 Å². The van der Waals surface area contributed by atoms with Crippen LogP contribution < -0.4 is 4.74 Å². The van der Waals surface area contributed by atoms with Crippen LogP contribution in [0.15, 0.2) is 36.7 Å². The Bertz CT molecular complexity index is 709. The van der Waals surface area contributed by atoms with Gasteiger partial charge in [-0.1, -0.05) is 18.2 Å². The van der Waals surface area contributed by atoms with Crippen LogP contribution >= 0.6 is 0 Å². The topological polar surface area (TPSA) is 67.6 Å². The number of aliphatic hydroxyl groups excluding tert-OH is 1. The second-order valence-corrected chi connectivity index (χ2v) is 6.31. The van der Waals surface area contributed by atoms with Gasteiger partial charge in [0.05, 0.1) is 6.20 Å². The zero-order valence-electron chi connectivity index (χ0n) is 14.1. The molecule has 24 heavy (non-hydrogen) atoms. The average Bonchev–Trinajstić information content (AvgIpc) is 3.33. The standard InChI is InChI=1S/C18H23N3O3/c1-13-5-3-4-6-17(13)24-12-16(22)18(23)21(15-7-8-15)11-14-9-19-20(2)10-14/h3-6,9-10,15-16,22H,7-8,11-12H2,1-2H3/t16-/m0/s1. The van der Waals surface area contributed by atoms with Gasteiger partial charge in [0.2, 0.25) is 0 Å². The second-order valence-electron chi connectivity index (χ2n) is 6.31. The summed E-state index contributed by atoms with van der Waals surface area (Å²) >= 11 is 0. The molecule has 1 aromatic carbocycles. The summed E-state index contributed by atoms with van der Waals surface area (Å²) in [6.45, 7) is 2.36. The van der Waals surface area contributed by atoms with E-state index in [1.807, 2.05) is 44.4 Å². The lowest BCUT2D eigenvalue weighted by Crippen LogP contribution is -2.42. The van der Waals surface area contributed by atoms with E-state index in [1.54, 1.807) is 15.8 Å². The SMILES string of the molecule is Cc1ccccc1OC[C@H](O)C(=O)N(Cc1cnn(C)c1)C1CC1. The quantitative estimate of drug-likeness (QED) is 0.839. The molecular weight excluding hydrogens is 306 g/mol. The number of aryl methyl sites for hydroxylation is 2. The summed E-state index contributed by atoms with van der Waals surface area (Å²) < 4.78 is 7.32. The number of ether oxygens (including phenoxy) is 1. The molecule has 0 saturated heterocycles. The number of amides is 1. The highest BCUT2D eigenvalue weighted by molar-refractivity contribution is 5.81. The average molecular weight is 329 g/mol. The van der Waals surface area contributed by atoms with E-state index in [4.69, 9.17) is 4.74 Å². The molecule has 1 atom stereocenters. The number of aromatic nitrogens is 2. The molecule has 1 aromatic heterocycles. The van der Waals surface area contributed by atoms with Gasteiger partial charge in [-0.15, -0.1) is 0 Å². The Kier molecular flexibility index (Phi) is 4.85. The summed E-state index contributed by atoms with van der Waals surface area (Å²) in [7, 11) is 1.84. The third-order valence-corrected chi connectivity index (χ3v) is 4.16. The van der Waals surface area contributed by atoms with Gasteiger partial charge in [-0.25, -0.2) is 0 Å². The molecule has 1 aliphatic carbocycles. The van der Waals surface area contributed by atoms with Crippen LogP contribution in [-0.4, -0.2) is 44.4 Å². The van der Waals surface area contributed by atoms with E-state index in [0.717, 1.165) is 24.0 Å². The van der Waals surface area contributed by atoms with Crippen LogP contribution in [-0.2, 0) is 18.4 Å². The van der Waals surface area contributed by atoms with Crippen molar-refractivity contribution in [2.24, 2.45) is 7.05 Å². The van der Waals surface area contributed by atoms with Crippen LogP contribution in [0.5, 0.6) is 5.75 Å². The lowest BCUT2D eigenvalue weighted by Gasteiger charge is -2.25. The summed E-state index contributed by atoms with van der Waals surface area (Å²) in [6.07, 6.45) is 4.44. The highest BCUT2D eigenvalue weighted by Gasteiger charge is 2.35. The first-order chi connectivity index (χ1) is 11.5. The number of rotatable bonds is 7. The fourth-order valence-corrected chi connectivity index (χ4v) is 2.67. The van der Waals surface area contributed by atoms with Gasteiger partial charge in [0.1, 0.15) is 12.4 Å². The fraction of sp³-hybridized carbons (Fsp3) is 0.444. The number of aliphatic hydroxyl groups is 1. The summed E-state index contributed by atoms with van der Waals surface area (Å²) in [4.78, 5) is 14.3. The van der Waals surface area contributed by atoms with E-state index in [-0.39, 0.29) is 18.6 Å². The van der Waals surface area contributed by atoms with E-state index >= 15 is 0 Å². The summed E-state index contributed by atoms with van der Waals surface area (Å²) in [5.74, 6) is 0.407. The molecule has 128 valence electrons. The molecule has 0 radical (unpaired) electrons. The Morgan fingerprint density at radius 1 is 1.46 bits per heavy atom. The van der Waals surface area contributed by atoms with Crippen molar-refractivity contribution in [2.45, 2.75) is 38.5 Å². The maximum absolute atomic E-state index is 12.6. The smallest absolute Gasteiger partial charge is 0.255 e. The Hall–Kier alpha value is -2.34. The normalized spacial score (nSPS) is 15.1. The number of hydrogen-bond acceptors (Lipinski definition) is 4. The number of para-hydroxylation sites is 1. The van der Waals surface area contributed by atoms with Gasteiger partial charge in [0.15, 0.2) is 6.10 Å². The van der Waals surface area contributed by atoms with Gasteiger partial charge < -0.3 is 14.7 Å². The van der Waals surface area contributed by atoms with E-state index < -0.39 is 6.10 Å². The van der Waals surface area contributed by atoms with Crippen molar-refractivity contribution in [3.63, 3.8) is 0 Å². The maximum atomic E-state index is 12.6. The van der Waals surface area contributed by atoms with E-state index in [2.05, 4.69) is 5.10 Å². The summed E-state index contributed by atoms with van der Waals surface area (Å²) in [5, 5.41) is 14.4. The van der Waals surface area contributed by atoms with E-state index in [0.29, 0.717) is 12.3 Å². The van der Waals surface area contributed by atoms with E-state index in [9.17, 15) is 9.90 Å². The number of benzene rings is 1. The van der Waals surface area contributed by atoms with Gasteiger partial charge >= 0.3 is 0 Å². The molecule has 2 aromatic rings. The molecule has 1 N–H and O–H groups in total. The predicted molar refractivity (Wildman–Crippen MR) is 89.5 cm³/mol. The third-order valence-electron chi connectivity index (χ3n) is 4.16. The van der Waals surface area contributed by atoms with Crippen LogP contribution in [0.4, 0.5) is 0 Å². The van der Waals surface area contributed by atoms with Gasteiger partial charge in [-0.2, -0.15) is 5.10 Å². The largest absolute Gasteiger partial charge is 0.490 e. The molecule has 1 heterocycles. The first kappa shape index (κ1) is 16.5. The molecule has 0 spiro atoms. The molecule has 0 aliphatic heterocycles. The molecule has 0 bridgehead atoms. The van der Waals surface area contributed by atoms with Crippen LogP contribution in [0, 0.1) is 6.92 Å². The minimum atomic E-state index is -1.16. The molecule has 1 aliphatic rings. The Morgan fingerprint density at radius 3 is 2.83 bits per heavy atom. The highest BCUT2D eigenvalue weighted by atomic mass is 16.5. The van der Waals surface area contributed by atoms with Gasteiger partial charge in [0, 0.05) is 31.4 Å². The van der Waals surface area contributed by atoms with Crippen LogP contribution in [0.1, 0.15) is 24.0 Å². The number of carbonyl (C=O) groups excluding carboxylic acids is 1. The highest BCUT2D eigenvalue weighted by Crippen LogP contribution is 2.29. The zero-order chi connectivity index (χ0) is 17.1. The van der Waals surface area contributed by atoms with Crippen molar-refractivity contribution in [2.75, 3.05) is 6.61 Å². The Balaban J connectivity index is 1.61. The van der Waals surface area contributed by atoms with Crippen molar-refractivity contribution < 1.29 is 14.6 Å². The Morgan fingerprint density at radius 2 is 2.21 bits per heavy atom. The first-order valence-electron chi connectivity index (χ1n) is 8.19. The number of carbonyl (C=O) groups is 1. The molecule has 0 unspecified atom stereocenters. The fourth-order valence-electron chi connectivity index (χ4n) is 2.67. The van der Waals surface area contributed by atoms with Gasteiger partial charge in [-0.3, -0.25) is 9.48 Å². The van der Waals surface area contributed by atoms with Gasteiger partial charge in [-0.05, 0) is 31.4 Å². The number of nitrogens with zero attached hydrogens (tertiary/aromatic N) is 3. The van der Waals surface area contributed by atoms with Gasteiger partial charge in [0.25, 0.3) is 5.91 Å². The van der Waals surface area contributed by atoms with Crippen molar-refractivity contribution in [3.8, 4) is 5.75 Å². The van der Waals surface area contributed by atoms with E-state index in [1.165, 1.54) is 0 Å². The molecule has 1 saturated carbocycles. The summed E-state index contributed by atoms with van der Waals surface area (Å²) in [6, 6.07) is 7.77. The van der Waals surface area contributed by atoms with Crippen LogP contribution in [0.2, 0.25) is 0 Å². The first-order valence-corrected chi connectivity index (χ1v) is 8.19. The van der Waals surface area contributed by atoms with Crippen LogP contribution in [0.3, 0.4) is 0 Å². The zero-order valence-corrected chi connectivity index (χ0v) is 14.1. The molecule has 6 nitrogen and oxygen atoms in total. The lowest BCUT2D eigenvalue weighted by atomic mass is 10.2. The van der Waals surface area contributed by atoms with Crippen molar-refractivity contribution in [1.29, 1.82) is 0 Å². The number of hydrogen-bond donors (Lipinski definition) is 1. The monoisotopic (exact) mass is 329 g/mol. The molecule has 6 heteroatoms. The van der Waals surface area contributed by atoms with Crippen molar-refractivity contribution >= 4 is 5.91 Å². The second kappa shape index (κ2) is 7.05. The minimum absolute atomic E-state index is 0.0417. The Labute approximate surface area is 141 Å². The molecule has 3 rings (SSSR count). The maximum Gasteiger partial charge on any atom is 0.255 e. The van der Waals surface area contributed by atoms with Crippen molar-refractivity contribution in [1.82, 2.24) is 14.7 Å². The predicted octanol–water partition coefficient (Wildman–Crippen LogP) is 1.66. The molecular formula is C18H23N3O3. The molecule has 1 fully saturated rings. The minimum Gasteiger partial charge on any atom is -0.490 e. The molecule has 1 amide bonds.